The number of hydrogen-bond donors (Lipinski definition) is 5. The average molecular weight is 662 g/mol. The molecule has 1 rings (SSSR count). The van der Waals surface area contributed by atoms with E-state index in [1.807, 2.05) is 30.3 Å². The van der Waals surface area contributed by atoms with Crippen LogP contribution in [0.5, 0.6) is 0 Å². The third kappa shape index (κ3) is 14.0. The second-order valence-electron chi connectivity index (χ2n) is 13.6. The summed E-state index contributed by atoms with van der Waals surface area (Å²) in [6.07, 6.45) is -0.378. The highest BCUT2D eigenvalue weighted by molar-refractivity contribution is 5.96. The van der Waals surface area contributed by atoms with Gasteiger partial charge in [-0.15, -0.1) is 0 Å². The molecule has 13 heteroatoms. The van der Waals surface area contributed by atoms with Crippen LogP contribution in [-0.2, 0) is 39.9 Å². The fourth-order valence-electron chi connectivity index (χ4n) is 4.60. The maximum absolute atomic E-state index is 13.4. The van der Waals surface area contributed by atoms with Crippen LogP contribution in [0.2, 0.25) is 0 Å². The molecule has 47 heavy (non-hydrogen) atoms. The van der Waals surface area contributed by atoms with Crippen molar-refractivity contribution in [2.45, 2.75) is 118 Å². The van der Waals surface area contributed by atoms with E-state index >= 15 is 0 Å². The largest absolute Gasteiger partial charge is 0.467 e. The van der Waals surface area contributed by atoms with Crippen molar-refractivity contribution in [3.05, 3.63) is 35.9 Å². The van der Waals surface area contributed by atoms with E-state index in [0.29, 0.717) is 0 Å². The lowest BCUT2D eigenvalue weighted by Gasteiger charge is -2.30. The van der Waals surface area contributed by atoms with E-state index in [-0.39, 0.29) is 30.6 Å². The zero-order chi connectivity index (χ0) is 36.1. The smallest absolute Gasteiger partial charge is 0.408 e. The van der Waals surface area contributed by atoms with Gasteiger partial charge in [0.15, 0.2) is 0 Å². The van der Waals surface area contributed by atoms with Gasteiger partial charge >= 0.3 is 12.1 Å². The molecule has 5 amide bonds. The van der Waals surface area contributed by atoms with Crippen LogP contribution in [0.4, 0.5) is 4.79 Å². The summed E-state index contributed by atoms with van der Waals surface area (Å²) >= 11 is 0. The Hall–Kier alpha value is -4.16. The van der Waals surface area contributed by atoms with E-state index in [9.17, 15) is 28.8 Å². The van der Waals surface area contributed by atoms with Crippen LogP contribution < -0.4 is 26.6 Å². The predicted molar refractivity (Wildman–Crippen MR) is 178 cm³/mol. The lowest BCUT2D eigenvalue weighted by Crippen LogP contribution is -2.61. The SMILES string of the molecule is CC[C@@H](NC(=O)[C@@H](NC(=O)[C@@H](NC(=O)OC(C)(C)C)C(C)C)C(C)C)C(=O)N[C@@H](C(=O)N[C@@H](Cc1ccccc1)C(=O)OC)C(C)C. The predicted octanol–water partition coefficient (Wildman–Crippen LogP) is 2.61. The highest BCUT2D eigenvalue weighted by Crippen LogP contribution is 2.12. The first kappa shape index (κ1) is 40.9. The second-order valence-corrected chi connectivity index (χ2v) is 13.6. The fraction of sp³-hybridized carbons (Fsp3) is 0.647. The van der Waals surface area contributed by atoms with Gasteiger partial charge in [0.1, 0.15) is 35.8 Å². The minimum atomic E-state index is -1.03. The number of esters is 1. The quantitative estimate of drug-likeness (QED) is 0.168. The molecule has 0 aromatic heterocycles. The number of hydrogen-bond acceptors (Lipinski definition) is 8. The molecule has 0 aliphatic heterocycles. The van der Waals surface area contributed by atoms with Crippen molar-refractivity contribution in [3.63, 3.8) is 0 Å². The summed E-state index contributed by atoms with van der Waals surface area (Å²) in [5.41, 5.74) is 0.0489. The minimum Gasteiger partial charge on any atom is -0.467 e. The number of alkyl carbamates (subject to hydrolysis) is 1. The average Bonchev–Trinajstić information content (AvgIpc) is 2.97. The summed E-state index contributed by atoms with van der Waals surface area (Å²) in [5.74, 6) is -4.05. The normalized spacial score (nSPS) is 14.7. The molecule has 0 bridgehead atoms. The first-order chi connectivity index (χ1) is 21.8. The fourth-order valence-corrected chi connectivity index (χ4v) is 4.60. The first-order valence-electron chi connectivity index (χ1n) is 16.1. The molecule has 0 radical (unpaired) electrons. The third-order valence-electron chi connectivity index (χ3n) is 7.24. The summed E-state index contributed by atoms with van der Waals surface area (Å²) in [4.78, 5) is 78.3. The molecule has 5 atom stereocenters. The maximum Gasteiger partial charge on any atom is 0.408 e. The molecule has 5 N–H and O–H groups in total. The van der Waals surface area contributed by atoms with E-state index in [2.05, 4.69) is 26.6 Å². The van der Waals surface area contributed by atoms with Crippen LogP contribution in [0.3, 0.4) is 0 Å². The van der Waals surface area contributed by atoms with Crippen LogP contribution in [0, 0.1) is 17.8 Å². The minimum absolute atomic E-state index is 0.191. The van der Waals surface area contributed by atoms with Gasteiger partial charge in [0, 0.05) is 6.42 Å². The Bertz CT molecular complexity index is 1210. The lowest BCUT2D eigenvalue weighted by molar-refractivity contribution is -0.145. The number of carbonyl (C=O) groups is 6. The molecule has 0 fully saturated rings. The number of rotatable bonds is 16. The van der Waals surface area contributed by atoms with Gasteiger partial charge in [-0.25, -0.2) is 9.59 Å². The van der Waals surface area contributed by atoms with E-state index in [1.54, 1.807) is 69.2 Å². The van der Waals surface area contributed by atoms with Crippen molar-refractivity contribution < 1.29 is 38.2 Å². The first-order valence-corrected chi connectivity index (χ1v) is 16.1. The molecule has 0 unspecified atom stereocenters. The molecule has 1 aromatic carbocycles. The van der Waals surface area contributed by atoms with Crippen LogP contribution in [0.1, 0.15) is 81.2 Å². The molecule has 0 saturated heterocycles. The van der Waals surface area contributed by atoms with Gasteiger partial charge in [-0.1, -0.05) is 78.8 Å². The molecule has 0 spiro atoms. The van der Waals surface area contributed by atoms with Crippen molar-refractivity contribution in [2.24, 2.45) is 17.8 Å². The highest BCUT2D eigenvalue weighted by Gasteiger charge is 2.35. The molecule has 13 nitrogen and oxygen atoms in total. The van der Waals surface area contributed by atoms with Crippen molar-refractivity contribution in [1.82, 2.24) is 26.6 Å². The number of benzene rings is 1. The molecule has 0 aliphatic carbocycles. The monoisotopic (exact) mass is 661 g/mol. The maximum atomic E-state index is 13.4. The van der Waals surface area contributed by atoms with Crippen molar-refractivity contribution in [2.75, 3.05) is 7.11 Å². The summed E-state index contributed by atoms with van der Waals surface area (Å²) in [5, 5.41) is 13.4. The van der Waals surface area contributed by atoms with Gasteiger partial charge in [-0.05, 0) is 50.5 Å². The molecular weight excluding hydrogens is 606 g/mol. The van der Waals surface area contributed by atoms with Gasteiger partial charge in [0.05, 0.1) is 7.11 Å². The Morgan fingerprint density at radius 3 is 1.49 bits per heavy atom. The second kappa shape index (κ2) is 18.9. The zero-order valence-electron chi connectivity index (χ0n) is 29.7. The van der Waals surface area contributed by atoms with E-state index in [1.165, 1.54) is 7.11 Å². The molecule has 264 valence electrons. The summed E-state index contributed by atoms with van der Waals surface area (Å²) in [7, 11) is 1.23. The van der Waals surface area contributed by atoms with E-state index in [0.717, 1.165) is 5.56 Å². The Morgan fingerprint density at radius 2 is 1.06 bits per heavy atom. The topological polar surface area (TPSA) is 181 Å². The Kier molecular flexibility index (Phi) is 16.4. The van der Waals surface area contributed by atoms with Gasteiger partial charge in [-0.3, -0.25) is 19.2 Å². The van der Waals surface area contributed by atoms with Crippen molar-refractivity contribution >= 4 is 35.7 Å². The summed E-state index contributed by atoms with van der Waals surface area (Å²) < 4.78 is 10.2. The van der Waals surface area contributed by atoms with Crippen molar-refractivity contribution in [1.29, 1.82) is 0 Å². The van der Waals surface area contributed by atoms with Crippen molar-refractivity contribution in [3.8, 4) is 0 Å². The van der Waals surface area contributed by atoms with E-state index in [4.69, 9.17) is 9.47 Å². The number of nitrogens with one attached hydrogen (secondary N) is 5. The molecule has 1 aromatic rings. The number of methoxy groups -OCH3 is 1. The Morgan fingerprint density at radius 1 is 0.638 bits per heavy atom. The number of amides is 5. The number of carbonyl (C=O) groups excluding carboxylic acids is 6. The zero-order valence-corrected chi connectivity index (χ0v) is 29.7. The molecular formula is C34H55N5O8. The van der Waals surface area contributed by atoms with Gasteiger partial charge < -0.3 is 36.1 Å². The van der Waals surface area contributed by atoms with Gasteiger partial charge in [0.2, 0.25) is 23.6 Å². The molecule has 0 heterocycles. The van der Waals surface area contributed by atoms with Crippen LogP contribution in [0.15, 0.2) is 30.3 Å². The lowest BCUT2D eigenvalue weighted by atomic mass is 9.99. The Labute approximate surface area is 279 Å². The standard InChI is InChI=1S/C34H55N5O8/c1-12-23(35-29(41)26(20(4)5)38-31(43)27(21(6)7)39-33(45)47-34(8,9)10)28(40)37-25(19(2)3)30(42)36-24(32(44)46-11)18-22-16-14-13-15-17-22/h13-17,19-21,23-27H,12,18H2,1-11H3,(H,35,41)(H,36,42)(H,37,40)(H,38,43)(H,39,45)/t23-,24+,25-,26+,27+/m1/s1. The van der Waals surface area contributed by atoms with Crippen LogP contribution in [0.25, 0.3) is 0 Å². The Balaban J connectivity index is 3.03. The highest BCUT2D eigenvalue weighted by atomic mass is 16.6. The van der Waals surface area contributed by atoms with Gasteiger partial charge in [-0.2, -0.15) is 0 Å². The molecule has 0 aliphatic rings. The summed E-state index contributed by atoms with van der Waals surface area (Å²) in [6, 6.07) is 4.08. The summed E-state index contributed by atoms with van der Waals surface area (Å²) in [6.45, 7) is 17.3. The van der Waals surface area contributed by atoms with Crippen LogP contribution >= 0.6 is 0 Å². The van der Waals surface area contributed by atoms with E-state index < -0.39 is 71.5 Å². The number of ether oxygens (including phenoxy) is 2. The van der Waals surface area contributed by atoms with Crippen LogP contribution in [-0.4, -0.2) is 78.6 Å². The molecule has 0 saturated carbocycles. The third-order valence-corrected chi connectivity index (χ3v) is 7.24. The van der Waals surface area contributed by atoms with Gasteiger partial charge in [0.25, 0.3) is 0 Å².